The van der Waals surface area contributed by atoms with E-state index in [0.717, 1.165) is 18.2 Å². The van der Waals surface area contributed by atoms with E-state index in [1.165, 1.54) is 24.3 Å². The van der Waals surface area contributed by atoms with Gasteiger partial charge < -0.3 is 11.1 Å². The van der Waals surface area contributed by atoms with Crippen molar-refractivity contribution in [2.75, 3.05) is 11.1 Å². The molecule has 0 aromatic heterocycles. The third-order valence-electron chi connectivity index (χ3n) is 2.78. The lowest BCUT2D eigenvalue weighted by molar-refractivity contribution is -0.137. The zero-order valence-electron chi connectivity index (χ0n) is 10.6. The predicted octanol–water partition coefficient (Wildman–Crippen LogP) is 4.97. The average molecular weight is 302 g/mol. The minimum absolute atomic E-state index is 0.0125. The number of nitrogens with two attached hydrogens (primary N) is 1. The summed E-state index contributed by atoms with van der Waals surface area (Å²) in [5, 5.41) is 2.56. The lowest BCUT2D eigenvalue weighted by atomic mass is 10.1. The first kappa shape index (κ1) is 15.1. The molecule has 2 nitrogen and oxygen atoms in total. The molecule has 21 heavy (non-hydrogen) atoms. The van der Waals surface area contributed by atoms with Crippen molar-refractivity contribution < 1.29 is 22.0 Å². The van der Waals surface area contributed by atoms with Gasteiger partial charge in [0.25, 0.3) is 6.43 Å². The Kier molecular flexibility index (Phi) is 4.02. The van der Waals surface area contributed by atoms with Gasteiger partial charge in [0, 0.05) is 22.6 Å². The molecule has 0 fully saturated rings. The Labute approximate surface area is 117 Å². The number of halogens is 5. The monoisotopic (exact) mass is 302 g/mol. The molecule has 0 aliphatic carbocycles. The number of alkyl halides is 5. The van der Waals surface area contributed by atoms with Crippen molar-refractivity contribution in [3.63, 3.8) is 0 Å². The summed E-state index contributed by atoms with van der Waals surface area (Å²) in [6, 6.07) is 8.10. The van der Waals surface area contributed by atoms with Crippen LogP contribution in [0.15, 0.2) is 42.5 Å². The van der Waals surface area contributed by atoms with Gasteiger partial charge in [-0.05, 0) is 36.4 Å². The molecule has 0 aliphatic heterocycles. The second kappa shape index (κ2) is 5.59. The van der Waals surface area contributed by atoms with Crippen molar-refractivity contribution >= 4 is 17.1 Å². The number of nitrogen functional groups attached to an aromatic ring is 1. The highest BCUT2D eigenvalue weighted by molar-refractivity contribution is 5.67. The molecular formula is C14H11F5N2. The Morgan fingerprint density at radius 3 is 2.33 bits per heavy atom. The summed E-state index contributed by atoms with van der Waals surface area (Å²) in [7, 11) is 0. The summed E-state index contributed by atoms with van der Waals surface area (Å²) < 4.78 is 63.6. The van der Waals surface area contributed by atoms with Crippen molar-refractivity contribution in [2.45, 2.75) is 12.6 Å². The molecule has 2 aromatic carbocycles. The normalized spacial score (nSPS) is 11.7. The maximum absolute atomic E-state index is 12.9. The van der Waals surface area contributed by atoms with Crippen LogP contribution >= 0.6 is 0 Å². The molecule has 0 spiro atoms. The molecule has 0 saturated carbocycles. The van der Waals surface area contributed by atoms with Gasteiger partial charge in [-0.3, -0.25) is 0 Å². The third-order valence-corrected chi connectivity index (χ3v) is 2.78. The van der Waals surface area contributed by atoms with E-state index in [9.17, 15) is 22.0 Å². The second-order valence-electron chi connectivity index (χ2n) is 4.35. The van der Waals surface area contributed by atoms with Crippen molar-refractivity contribution in [1.82, 2.24) is 0 Å². The predicted molar refractivity (Wildman–Crippen MR) is 70.5 cm³/mol. The minimum atomic E-state index is -4.50. The van der Waals surface area contributed by atoms with E-state index in [-0.39, 0.29) is 22.6 Å². The minimum Gasteiger partial charge on any atom is -0.399 e. The molecule has 2 rings (SSSR count). The standard InChI is InChI=1S/C14H11F5N2/c15-13(16)11-7-9(20)4-5-12(11)21-10-3-1-2-8(6-10)14(17,18)19/h1-7,13,21H,20H2. The molecule has 7 heteroatoms. The average Bonchev–Trinajstić information content (AvgIpc) is 2.40. The van der Waals surface area contributed by atoms with Crippen LogP contribution in [0.4, 0.5) is 39.0 Å². The van der Waals surface area contributed by atoms with Gasteiger partial charge in [0.15, 0.2) is 0 Å². The van der Waals surface area contributed by atoms with Gasteiger partial charge in [-0.2, -0.15) is 13.2 Å². The van der Waals surface area contributed by atoms with E-state index >= 15 is 0 Å². The van der Waals surface area contributed by atoms with Gasteiger partial charge in [0.1, 0.15) is 0 Å². The summed E-state index contributed by atoms with van der Waals surface area (Å²) in [5.74, 6) is 0. The highest BCUT2D eigenvalue weighted by Gasteiger charge is 2.30. The highest BCUT2D eigenvalue weighted by atomic mass is 19.4. The topological polar surface area (TPSA) is 38.0 Å². The summed E-state index contributed by atoms with van der Waals surface area (Å²) in [6.07, 6.45) is -7.29. The van der Waals surface area contributed by atoms with Crippen molar-refractivity contribution in [2.24, 2.45) is 0 Å². The van der Waals surface area contributed by atoms with Gasteiger partial charge in [-0.1, -0.05) is 6.07 Å². The van der Waals surface area contributed by atoms with E-state index < -0.39 is 18.2 Å². The molecule has 112 valence electrons. The van der Waals surface area contributed by atoms with E-state index in [0.29, 0.717) is 0 Å². The Hall–Kier alpha value is -2.31. The summed E-state index contributed by atoms with van der Waals surface area (Å²) >= 11 is 0. The van der Waals surface area contributed by atoms with Crippen LogP contribution in [0.2, 0.25) is 0 Å². The highest BCUT2D eigenvalue weighted by Crippen LogP contribution is 2.34. The van der Waals surface area contributed by atoms with Crippen molar-refractivity contribution in [3.05, 3.63) is 53.6 Å². The Bertz CT molecular complexity index is 638. The quantitative estimate of drug-likeness (QED) is 0.620. The first-order valence-electron chi connectivity index (χ1n) is 5.89. The fourth-order valence-electron chi connectivity index (χ4n) is 1.80. The van der Waals surface area contributed by atoms with Crippen LogP contribution in [0, 0.1) is 0 Å². The van der Waals surface area contributed by atoms with Crippen LogP contribution in [0.5, 0.6) is 0 Å². The van der Waals surface area contributed by atoms with Gasteiger partial charge in [-0.15, -0.1) is 0 Å². The fourth-order valence-corrected chi connectivity index (χ4v) is 1.80. The van der Waals surface area contributed by atoms with Crippen LogP contribution < -0.4 is 11.1 Å². The van der Waals surface area contributed by atoms with Crippen molar-refractivity contribution in [1.29, 1.82) is 0 Å². The van der Waals surface area contributed by atoms with E-state index in [4.69, 9.17) is 5.73 Å². The third kappa shape index (κ3) is 3.62. The van der Waals surface area contributed by atoms with Gasteiger partial charge in [-0.25, -0.2) is 8.78 Å². The molecule has 2 aromatic rings. The smallest absolute Gasteiger partial charge is 0.399 e. The number of anilines is 3. The zero-order chi connectivity index (χ0) is 15.6. The molecule has 0 radical (unpaired) electrons. The Morgan fingerprint density at radius 2 is 1.71 bits per heavy atom. The zero-order valence-corrected chi connectivity index (χ0v) is 10.6. The maximum atomic E-state index is 12.9. The lowest BCUT2D eigenvalue weighted by Gasteiger charge is -2.14. The first-order chi connectivity index (χ1) is 9.77. The lowest BCUT2D eigenvalue weighted by Crippen LogP contribution is -2.05. The summed E-state index contributed by atoms with van der Waals surface area (Å²) in [4.78, 5) is 0. The Morgan fingerprint density at radius 1 is 1.00 bits per heavy atom. The number of hydrogen-bond donors (Lipinski definition) is 2. The van der Waals surface area contributed by atoms with E-state index in [2.05, 4.69) is 5.32 Å². The first-order valence-corrected chi connectivity index (χ1v) is 5.89. The maximum Gasteiger partial charge on any atom is 0.416 e. The van der Waals surface area contributed by atoms with Gasteiger partial charge in [0.2, 0.25) is 0 Å². The van der Waals surface area contributed by atoms with Gasteiger partial charge >= 0.3 is 6.18 Å². The van der Waals surface area contributed by atoms with Gasteiger partial charge in [0.05, 0.1) is 5.56 Å². The summed E-state index contributed by atoms with van der Waals surface area (Å²) in [6.45, 7) is 0. The molecule has 0 unspecified atom stereocenters. The SMILES string of the molecule is Nc1ccc(Nc2cccc(C(F)(F)F)c2)c(C(F)F)c1. The molecule has 0 heterocycles. The molecule has 0 aliphatic rings. The molecular weight excluding hydrogens is 291 g/mol. The number of hydrogen-bond acceptors (Lipinski definition) is 2. The second-order valence-corrected chi connectivity index (χ2v) is 4.35. The molecule has 0 saturated heterocycles. The van der Waals surface area contributed by atoms with E-state index in [1.807, 2.05) is 0 Å². The van der Waals surface area contributed by atoms with Crippen LogP contribution in [-0.4, -0.2) is 0 Å². The largest absolute Gasteiger partial charge is 0.416 e. The molecule has 0 amide bonds. The molecule has 3 N–H and O–H groups in total. The number of nitrogens with one attached hydrogen (secondary N) is 1. The van der Waals surface area contributed by atoms with Crippen LogP contribution in [-0.2, 0) is 6.18 Å². The van der Waals surface area contributed by atoms with E-state index in [1.54, 1.807) is 0 Å². The Balaban J connectivity index is 2.35. The van der Waals surface area contributed by atoms with Crippen molar-refractivity contribution in [3.8, 4) is 0 Å². The number of rotatable bonds is 3. The number of benzene rings is 2. The van der Waals surface area contributed by atoms with Crippen LogP contribution in [0.1, 0.15) is 17.6 Å². The van der Waals surface area contributed by atoms with Crippen LogP contribution in [0.3, 0.4) is 0 Å². The summed E-state index contributed by atoms with van der Waals surface area (Å²) in [5.41, 5.74) is 4.43. The molecule has 0 bridgehead atoms. The van der Waals surface area contributed by atoms with Crippen LogP contribution in [0.25, 0.3) is 0 Å². The molecule has 0 atom stereocenters. The fraction of sp³-hybridized carbons (Fsp3) is 0.143.